The molecule has 1 aromatic heterocycles. The summed E-state index contributed by atoms with van der Waals surface area (Å²) < 4.78 is 0. The number of aromatic hydroxyl groups is 1. The number of aromatic nitrogens is 2. The molecule has 0 aliphatic heterocycles. The zero-order valence-electron chi connectivity index (χ0n) is 13.8. The second kappa shape index (κ2) is 8.03. The van der Waals surface area contributed by atoms with Crippen molar-refractivity contribution in [2.75, 3.05) is 5.32 Å². The van der Waals surface area contributed by atoms with Gasteiger partial charge in [0.05, 0.1) is 17.3 Å². The average Bonchev–Trinajstić information content (AvgIpc) is 2.61. The molecule has 3 rings (SSSR count). The molecule has 1 heterocycles. The van der Waals surface area contributed by atoms with Crippen molar-refractivity contribution < 1.29 is 14.9 Å². The summed E-state index contributed by atoms with van der Waals surface area (Å²) >= 11 is 11.9. The lowest BCUT2D eigenvalue weighted by Gasteiger charge is -2.03. The number of phenolic OH excluding ortho intramolecular Hbond substituents is 1. The lowest BCUT2D eigenvalue weighted by Crippen LogP contribution is -2.23. The van der Waals surface area contributed by atoms with E-state index >= 15 is 0 Å². The van der Waals surface area contributed by atoms with Gasteiger partial charge in [-0.1, -0.05) is 40.3 Å². The van der Waals surface area contributed by atoms with Crippen molar-refractivity contribution in [3.8, 4) is 5.75 Å². The molecular formula is C18H14Cl2N5O2+. The summed E-state index contributed by atoms with van der Waals surface area (Å²) in [6.07, 6.45) is 2.78. The van der Waals surface area contributed by atoms with E-state index in [1.54, 1.807) is 30.3 Å². The summed E-state index contributed by atoms with van der Waals surface area (Å²) in [6.45, 7) is 0. The third-order valence-electron chi connectivity index (χ3n) is 3.45. The molecule has 0 spiro atoms. The molecule has 7 nitrogen and oxygen atoms in total. The monoisotopic (exact) mass is 402 g/mol. The number of H-pyrrole nitrogens is 1. The molecule has 136 valence electrons. The SMILES string of the molecule is NC(=Nc1ncc(C(=O)c2ccccc2O)c[nH+]1)Nc1cc(Cl)cc(Cl)c1. The van der Waals surface area contributed by atoms with Crippen LogP contribution in [0.3, 0.4) is 0 Å². The van der Waals surface area contributed by atoms with Crippen LogP contribution in [0.4, 0.5) is 11.6 Å². The van der Waals surface area contributed by atoms with E-state index in [1.807, 2.05) is 0 Å². The van der Waals surface area contributed by atoms with Crippen LogP contribution in [-0.2, 0) is 0 Å². The third kappa shape index (κ3) is 4.72. The average molecular weight is 403 g/mol. The zero-order valence-corrected chi connectivity index (χ0v) is 15.3. The van der Waals surface area contributed by atoms with E-state index in [0.29, 0.717) is 15.7 Å². The van der Waals surface area contributed by atoms with E-state index in [2.05, 4.69) is 20.3 Å². The van der Waals surface area contributed by atoms with Crippen LogP contribution in [0.15, 0.2) is 59.9 Å². The number of hydrogen-bond donors (Lipinski definition) is 3. The van der Waals surface area contributed by atoms with E-state index in [-0.39, 0.29) is 34.6 Å². The number of nitrogens with two attached hydrogens (primary N) is 1. The van der Waals surface area contributed by atoms with Crippen LogP contribution in [0.2, 0.25) is 10.0 Å². The summed E-state index contributed by atoms with van der Waals surface area (Å²) in [5.41, 5.74) is 6.86. The minimum Gasteiger partial charge on any atom is -0.507 e. The van der Waals surface area contributed by atoms with Gasteiger partial charge in [-0.2, -0.15) is 0 Å². The van der Waals surface area contributed by atoms with Gasteiger partial charge < -0.3 is 16.2 Å². The van der Waals surface area contributed by atoms with E-state index < -0.39 is 0 Å². The number of carbonyl (C=O) groups excluding carboxylic acids is 1. The summed E-state index contributed by atoms with van der Waals surface area (Å²) in [5.74, 6) is -0.232. The predicted octanol–water partition coefficient (Wildman–Crippen LogP) is 3.20. The van der Waals surface area contributed by atoms with E-state index in [0.717, 1.165) is 0 Å². The molecule has 27 heavy (non-hydrogen) atoms. The molecule has 0 radical (unpaired) electrons. The van der Waals surface area contributed by atoms with Crippen molar-refractivity contribution in [1.29, 1.82) is 0 Å². The van der Waals surface area contributed by atoms with Crippen LogP contribution >= 0.6 is 23.2 Å². The number of rotatable bonds is 4. The molecule has 9 heteroatoms. The number of para-hydroxylation sites is 1. The van der Waals surface area contributed by atoms with Crippen LogP contribution in [0, 0.1) is 0 Å². The minimum absolute atomic E-state index is 0.0527. The quantitative estimate of drug-likeness (QED) is 0.352. The van der Waals surface area contributed by atoms with Crippen LogP contribution < -0.4 is 16.0 Å². The van der Waals surface area contributed by atoms with Gasteiger partial charge >= 0.3 is 5.95 Å². The number of aliphatic imine (C=N–C) groups is 1. The van der Waals surface area contributed by atoms with Gasteiger partial charge in [0.25, 0.3) is 5.96 Å². The topological polar surface area (TPSA) is 115 Å². The second-order valence-electron chi connectivity index (χ2n) is 5.45. The van der Waals surface area contributed by atoms with Gasteiger partial charge in [0.1, 0.15) is 11.9 Å². The Bertz CT molecular complexity index is 1000. The van der Waals surface area contributed by atoms with Gasteiger partial charge in [0, 0.05) is 15.7 Å². The zero-order chi connectivity index (χ0) is 19.4. The summed E-state index contributed by atoms with van der Waals surface area (Å²) in [5, 5.41) is 13.5. The van der Waals surface area contributed by atoms with Gasteiger partial charge in [0.2, 0.25) is 5.78 Å². The van der Waals surface area contributed by atoms with Crippen molar-refractivity contribution in [1.82, 2.24) is 4.98 Å². The van der Waals surface area contributed by atoms with Gasteiger partial charge in [-0.05, 0) is 35.3 Å². The Labute approximate surface area is 164 Å². The van der Waals surface area contributed by atoms with Crippen LogP contribution in [-0.4, -0.2) is 21.8 Å². The first kappa shape index (κ1) is 18.6. The number of aromatic amines is 1. The van der Waals surface area contributed by atoms with E-state index in [4.69, 9.17) is 28.9 Å². The first-order valence-corrected chi connectivity index (χ1v) is 8.45. The first-order chi connectivity index (χ1) is 12.9. The summed E-state index contributed by atoms with van der Waals surface area (Å²) in [7, 11) is 0. The van der Waals surface area contributed by atoms with Crippen molar-refractivity contribution >= 4 is 46.6 Å². The first-order valence-electron chi connectivity index (χ1n) is 7.70. The summed E-state index contributed by atoms with van der Waals surface area (Å²) in [4.78, 5) is 23.3. The van der Waals surface area contributed by atoms with Gasteiger partial charge in [-0.15, -0.1) is 0 Å². The second-order valence-corrected chi connectivity index (χ2v) is 6.33. The Morgan fingerprint density at radius 1 is 1.19 bits per heavy atom. The molecule has 0 fully saturated rings. The van der Waals surface area contributed by atoms with E-state index in [9.17, 15) is 9.90 Å². The number of hydrogen-bond acceptors (Lipinski definition) is 4. The lowest BCUT2D eigenvalue weighted by atomic mass is 10.1. The largest absolute Gasteiger partial charge is 0.507 e. The smallest absolute Gasteiger partial charge is 0.433 e. The molecule has 2 aromatic carbocycles. The van der Waals surface area contributed by atoms with Crippen molar-refractivity contribution in [3.63, 3.8) is 0 Å². The fraction of sp³-hybridized carbons (Fsp3) is 0. The van der Waals surface area contributed by atoms with Crippen LogP contribution in [0.1, 0.15) is 15.9 Å². The molecule has 0 aliphatic rings. The fourth-order valence-electron chi connectivity index (χ4n) is 2.27. The highest BCUT2D eigenvalue weighted by atomic mass is 35.5. The highest BCUT2D eigenvalue weighted by molar-refractivity contribution is 6.35. The number of nitrogens with one attached hydrogen (secondary N) is 2. The number of halogens is 2. The van der Waals surface area contributed by atoms with Crippen molar-refractivity contribution in [2.45, 2.75) is 0 Å². The number of guanidine groups is 1. The van der Waals surface area contributed by atoms with Gasteiger partial charge in [0.15, 0.2) is 0 Å². The molecule has 3 aromatic rings. The standard InChI is InChI=1S/C18H13Cl2N5O2/c19-11-5-12(20)7-13(6-11)24-17(21)25-18-22-8-10(9-23-18)16(27)14-3-1-2-4-15(14)26/h1-9,26H,(H3,21,22,23,24,25)/p+1. The van der Waals surface area contributed by atoms with Crippen molar-refractivity contribution in [3.05, 3.63) is 76.0 Å². The van der Waals surface area contributed by atoms with Gasteiger partial charge in [-0.25, -0.2) is 4.98 Å². The fourth-order valence-corrected chi connectivity index (χ4v) is 2.80. The molecule has 0 saturated heterocycles. The Morgan fingerprint density at radius 3 is 2.52 bits per heavy atom. The Balaban J connectivity index is 1.76. The molecular weight excluding hydrogens is 389 g/mol. The molecule has 0 amide bonds. The lowest BCUT2D eigenvalue weighted by molar-refractivity contribution is -0.367. The number of benzene rings is 2. The number of phenols is 1. The highest BCUT2D eigenvalue weighted by Gasteiger charge is 2.16. The number of ketones is 1. The Kier molecular flexibility index (Phi) is 5.54. The molecule has 0 bridgehead atoms. The van der Waals surface area contributed by atoms with E-state index in [1.165, 1.54) is 24.5 Å². The predicted molar refractivity (Wildman–Crippen MR) is 104 cm³/mol. The Hall–Kier alpha value is -3.16. The molecule has 5 N–H and O–H groups in total. The molecule has 0 unspecified atom stereocenters. The maximum atomic E-state index is 12.4. The van der Waals surface area contributed by atoms with Crippen molar-refractivity contribution in [2.24, 2.45) is 10.7 Å². The molecule has 0 atom stereocenters. The van der Waals surface area contributed by atoms with Crippen LogP contribution in [0.5, 0.6) is 5.75 Å². The minimum atomic E-state index is -0.368. The Morgan fingerprint density at radius 2 is 1.89 bits per heavy atom. The third-order valence-corrected chi connectivity index (χ3v) is 3.89. The van der Waals surface area contributed by atoms with Gasteiger partial charge in [-0.3, -0.25) is 4.79 Å². The van der Waals surface area contributed by atoms with Crippen LogP contribution in [0.25, 0.3) is 0 Å². The molecule has 0 saturated carbocycles. The number of carbonyl (C=O) groups is 1. The normalized spacial score (nSPS) is 11.3. The summed E-state index contributed by atoms with van der Waals surface area (Å²) in [6, 6.07) is 11.1. The maximum Gasteiger partial charge on any atom is 0.433 e. The maximum absolute atomic E-state index is 12.4. The molecule has 0 aliphatic carbocycles. The highest BCUT2D eigenvalue weighted by Crippen LogP contribution is 2.22. The number of anilines is 1. The number of nitrogens with zero attached hydrogens (tertiary/aromatic N) is 2.